The summed E-state index contributed by atoms with van der Waals surface area (Å²) in [6.45, 7) is 3.99. The second kappa shape index (κ2) is 9.98. The standard InChI is InChI=1S/C28H28F4O/c1-3-19-12-13-22(26(30)25(19)29)21-10-6-18(7-11-21)16-33-24-15-14-23(27(31)28(24)32)20-8-4-17(2)5-9-20/h4-5,8-9,12-15,18,21H,3,6-7,10-11,16H2,1-2H3. The fourth-order valence-electron chi connectivity index (χ4n) is 4.64. The molecule has 0 aliphatic heterocycles. The van der Waals surface area contributed by atoms with E-state index in [0.717, 1.165) is 18.4 Å². The molecule has 3 aromatic rings. The number of benzene rings is 3. The SMILES string of the molecule is CCc1ccc(C2CCC(COc3ccc(-c4ccc(C)cc4)c(F)c3F)CC2)c(F)c1F. The zero-order chi connectivity index (χ0) is 23.5. The van der Waals surface area contributed by atoms with E-state index < -0.39 is 23.3 Å². The molecule has 0 spiro atoms. The summed E-state index contributed by atoms with van der Waals surface area (Å²) in [5, 5.41) is 0. The molecule has 0 saturated heterocycles. The maximum atomic E-state index is 14.7. The molecule has 1 fully saturated rings. The Hall–Kier alpha value is -2.82. The van der Waals surface area contributed by atoms with Crippen LogP contribution in [-0.4, -0.2) is 6.61 Å². The molecule has 0 atom stereocenters. The van der Waals surface area contributed by atoms with Crippen LogP contribution in [0.5, 0.6) is 5.75 Å². The molecule has 0 heterocycles. The van der Waals surface area contributed by atoms with Crippen LogP contribution < -0.4 is 4.74 Å². The van der Waals surface area contributed by atoms with Crippen molar-refractivity contribution in [1.29, 1.82) is 0 Å². The predicted octanol–water partition coefficient (Wildman–Crippen LogP) is 8.13. The molecule has 1 aliphatic carbocycles. The van der Waals surface area contributed by atoms with Crippen molar-refractivity contribution in [1.82, 2.24) is 0 Å². The predicted molar refractivity (Wildman–Crippen MR) is 122 cm³/mol. The average molecular weight is 457 g/mol. The zero-order valence-corrected chi connectivity index (χ0v) is 18.9. The summed E-state index contributed by atoms with van der Waals surface area (Å²) in [7, 11) is 0. The van der Waals surface area contributed by atoms with E-state index in [4.69, 9.17) is 4.74 Å². The summed E-state index contributed by atoms with van der Waals surface area (Å²) in [4.78, 5) is 0. The van der Waals surface area contributed by atoms with Crippen molar-refractivity contribution < 1.29 is 22.3 Å². The number of ether oxygens (including phenoxy) is 1. The largest absolute Gasteiger partial charge is 0.490 e. The molecule has 3 aromatic carbocycles. The minimum Gasteiger partial charge on any atom is -0.490 e. The summed E-state index contributed by atoms with van der Waals surface area (Å²) in [5.41, 5.74) is 2.67. The van der Waals surface area contributed by atoms with E-state index in [1.165, 1.54) is 12.1 Å². The van der Waals surface area contributed by atoms with Gasteiger partial charge in [-0.25, -0.2) is 13.2 Å². The van der Waals surface area contributed by atoms with Crippen LogP contribution in [0, 0.1) is 36.1 Å². The molecule has 33 heavy (non-hydrogen) atoms. The van der Waals surface area contributed by atoms with Crippen LogP contribution >= 0.6 is 0 Å². The molecule has 0 N–H and O–H groups in total. The molecular formula is C28H28F4O. The second-order valence-electron chi connectivity index (χ2n) is 8.93. The van der Waals surface area contributed by atoms with Gasteiger partial charge in [-0.05, 0) is 79.7 Å². The maximum Gasteiger partial charge on any atom is 0.201 e. The summed E-state index contributed by atoms with van der Waals surface area (Å²) >= 11 is 0. The van der Waals surface area contributed by atoms with Gasteiger partial charge in [-0.2, -0.15) is 4.39 Å². The minimum absolute atomic E-state index is 0.0374. The lowest BCUT2D eigenvalue weighted by atomic mass is 9.78. The molecule has 174 valence electrons. The number of hydrogen-bond donors (Lipinski definition) is 0. The summed E-state index contributed by atoms with van der Waals surface area (Å²) < 4.78 is 63.6. The molecule has 4 rings (SSSR count). The fourth-order valence-corrected chi connectivity index (χ4v) is 4.64. The van der Waals surface area contributed by atoms with Gasteiger partial charge in [0, 0.05) is 5.56 Å². The molecule has 0 amide bonds. The Kier molecular flexibility index (Phi) is 7.06. The highest BCUT2D eigenvalue weighted by molar-refractivity contribution is 5.65. The third kappa shape index (κ3) is 4.92. The van der Waals surface area contributed by atoms with Crippen molar-refractivity contribution in [3.05, 3.63) is 88.5 Å². The molecule has 0 unspecified atom stereocenters. The summed E-state index contributed by atoms with van der Waals surface area (Å²) in [6.07, 6.45) is 3.38. The van der Waals surface area contributed by atoms with Crippen molar-refractivity contribution in [3.63, 3.8) is 0 Å². The fraction of sp³-hybridized carbons (Fsp3) is 0.357. The van der Waals surface area contributed by atoms with Crippen LogP contribution in [0.25, 0.3) is 11.1 Å². The Morgan fingerprint density at radius 2 is 1.45 bits per heavy atom. The molecule has 0 bridgehead atoms. The number of halogens is 4. The van der Waals surface area contributed by atoms with E-state index in [-0.39, 0.29) is 29.8 Å². The van der Waals surface area contributed by atoms with E-state index in [2.05, 4.69) is 0 Å². The van der Waals surface area contributed by atoms with E-state index in [0.29, 0.717) is 36.0 Å². The highest BCUT2D eigenvalue weighted by atomic mass is 19.2. The Morgan fingerprint density at radius 1 is 0.758 bits per heavy atom. The number of aryl methyl sites for hydroxylation is 2. The number of rotatable bonds is 6. The average Bonchev–Trinajstić information content (AvgIpc) is 2.83. The first kappa shape index (κ1) is 23.3. The zero-order valence-electron chi connectivity index (χ0n) is 18.9. The van der Waals surface area contributed by atoms with Gasteiger partial charge in [-0.1, -0.05) is 48.9 Å². The van der Waals surface area contributed by atoms with Crippen LogP contribution in [-0.2, 0) is 6.42 Å². The minimum atomic E-state index is -0.990. The van der Waals surface area contributed by atoms with Gasteiger partial charge in [-0.3, -0.25) is 0 Å². The van der Waals surface area contributed by atoms with Crippen molar-refractivity contribution >= 4 is 0 Å². The van der Waals surface area contributed by atoms with Gasteiger partial charge in [0.25, 0.3) is 0 Å². The third-order valence-corrected chi connectivity index (χ3v) is 6.74. The van der Waals surface area contributed by atoms with E-state index >= 15 is 0 Å². The lowest BCUT2D eigenvalue weighted by Crippen LogP contribution is -2.20. The van der Waals surface area contributed by atoms with E-state index in [1.54, 1.807) is 31.2 Å². The van der Waals surface area contributed by atoms with Gasteiger partial charge in [0.05, 0.1) is 6.61 Å². The molecule has 1 nitrogen and oxygen atoms in total. The van der Waals surface area contributed by atoms with Crippen LogP contribution in [0.15, 0.2) is 48.5 Å². The first-order valence-corrected chi connectivity index (χ1v) is 11.5. The highest BCUT2D eigenvalue weighted by Crippen LogP contribution is 2.38. The highest BCUT2D eigenvalue weighted by Gasteiger charge is 2.27. The van der Waals surface area contributed by atoms with Crippen molar-refractivity contribution in [3.8, 4) is 16.9 Å². The van der Waals surface area contributed by atoms with Crippen LogP contribution in [0.2, 0.25) is 0 Å². The van der Waals surface area contributed by atoms with Gasteiger partial charge in [0.15, 0.2) is 23.2 Å². The first-order valence-electron chi connectivity index (χ1n) is 11.5. The van der Waals surface area contributed by atoms with Crippen molar-refractivity contribution in [2.75, 3.05) is 6.61 Å². The molecule has 0 radical (unpaired) electrons. The Morgan fingerprint density at radius 3 is 2.12 bits per heavy atom. The van der Waals surface area contributed by atoms with Crippen LogP contribution in [0.3, 0.4) is 0 Å². The van der Waals surface area contributed by atoms with Crippen LogP contribution in [0.4, 0.5) is 17.6 Å². The monoisotopic (exact) mass is 456 g/mol. The van der Waals surface area contributed by atoms with Crippen LogP contribution in [0.1, 0.15) is 55.2 Å². The molecule has 1 aliphatic rings. The van der Waals surface area contributed by atoms with Gasteiger partial charge in [0.1, 0.15) is 0 Å². The number of hydrogen-bond acceptors (Lipinski definition) is 1. The van der Waals surface area contributed by atoms with Gasteiger partial charge < -0.3 is 4.74 Å². The lowest BCUT2D eigenvalue weighted by Gasteiger charge is -2.29. The van der Waals surface area contributed by atoms with E-state index in [1.807, 2.05) is 19.1 Å². The Labute approximate surface area is 192 Å². The first-order chi connectivity index (χ1) is 15.9. The third-order valence-electron chi connectivity index (χ3n) is 6.74. The maximum absolute atomic E-state index is 14.7. The second-order valence-corrected chi connectivity index (χ2v) is 8.93. The van der Waals surface area contributed by atoms with E-state index in [9.17, 15) is 17.6 Å². The smallest absolute Gasteiger partial charge is 0.201 e. The lowest BCUT2D eigenvalue weighted by molar-refractivity contribution is 0.192. The Bertz CT molecular complexity index is 1120. The Balaban J connectivity index is 1.37. The van der Waals surface area contributed by atoms with Crippen molar-refractivity contribution in [2.45, 2.75) is 51.9 Å². The normalized spacial score (nSPS) is 18.4. The van der Waals surface area contributed by atoms with Gasteiger partial charge in [-0.15, -0.1) is 0 Å². The summed E-state index contributed by atoms with van der Waals surface area (Å²) in [5.74, 6) is -3.38. The molecular weight excluding hydrogens is 428 g/mol. The molecule has 0 aromatic heterocycles. The quantitative estimate of drug-likeness (QED) is 0.340. The topological polar surface area (TPSA) is 9.23 Å². The van der Waals surface area contributed by atoms with Crippen molar-refractivity contribution in [2.24, 2.45) is 5.92 Å². The molecule has 5 heteroatoms. The summed E-state index contributed by atoms with van der Waals surface area (Å²) in [6, 6.07) is 13.6. The molecule has 1 saturated carbocycles. The van der Waals surface area contributed by atoms with Gasteiger partial charge >= 0.3 is 0 Å². The van der Waals surface area contributed by atoms with Gasteiger partial charge in [0.2, 0.25) is 5.82 Å².